The second-order valence-electron chi connectivity index (χ2n) is 6.07. The van der Waals surface area contributed by atoms with Crippen LogP contribution in [-0.4, -0.2) is 32.7 Å². The predicted molar refractivity (Wildman–Crippen MR) is 103 cm³/mol. The van der Waals surface area contributed by atoms with Gasteiger partial charge in [0.25, 0.3) is 0 Å². The Balaban J connectivity index is 1.70. The summed E-state index contributed by atoms with van der Waals surface area (Å²) in [7, 11) is 1.65. The third-order valence-corrected chi connectivity index (χ3v) is 4.31. The molecule has 0 saturated heterocycles. The molecule has 5 heteroatoms. The summed E-state index contributed by atoms with van der Waals surface area (Å²) in [5.74, 6) is 0.661. The topological polar surface area (TPSA) is 41.6 Å². The molecule has 0 aliphatic carbocycles. The lowest BCUT2D eigenvalue weighted by Gasteiger charge is -2.23. The van der Waals surface area contributed by atoms with Gasteiger partial charge in [0, 0.05) is 31.7 Å². The monoisotopic (exact) mass is 358 g/mol. The molecule has 0 spiro atoms. The minimum absolute atomic E-state index is 0.0510. The summed E-state index contributed by atoms with van der Waals surface area (Å²) in [4.78, 5) is 14.2. The number of nitrogens with one attached hydrogen (secondary N) is 1. The first-order chi connectivity index (χ1) is 12.6. The largest absolute Gasteiger partial charge is 0.496 e. The molecule has 0 atom stereocenters. The third kappa shape index (κ3) is 6.06. The number of para-hydroxylation sites is 1. The molecule has 1 N–H and O–H groups in total. The molecule has 0 saturated carbocycles. The Bertz CT molecular complexity index is 689. The minimum atomic E-state index is -0.237. The summed E-state index contributed by atoms with van der Waals surface area (Å²) in [5.41, 5.74) is 2.06. The van der Waals surface area contributed by atoms with Crippen molar-refractivity contribution in [3.63, 3.8) is 0 Å². The smallest absolute Gasteiger partial charge is 0.220 e. The lowest BCUT2D eigenvalue weighted by atomic mass is 10.1. The van der Waals surface area contributed by atoms with Gasteiger partial charge in [0.05, 0.1) is 7.11 Å². The van der Waals surface area contributed by atoms with Gasteiger partial charge in [0.1, 0.15) is 11.6 Å². The highest BCUT2D eigenvalue weighted by Gasteiger charge is 2.07. The van der Waals surface area contributed by atoms with E-state index < -0.39 is 0 Å². The van der Waals surface area contributed by atoms with Crippen molar-refractivity contribution in [1.82, 2.24) is 5.32 Å². The standard InChI is InChI=1S/C21H27FN2O2/c1-3-24(19-12-10-18(22)11-13-19)16-6-9-21(25)23-15-14-17-7-4-5-8-20(17)26-2/h4-5,7-8,10-13H,3,6,9,14-16H2,1-2H3,(H,23,25). The Labute approximate surface area is 155 Å². The van der Waals surface area contributed by atoms with Crippen LogP contribution in [0.2, 0.25) is 0 Å². The van der Waals surface area contributed by atoms with E-state index >= 15 is 0 Å². The van der Waals surface area contributed by atoms with E-state index in [1.165, 1.54) is 12.1 Å². The van der Waals surface area contributed by atoms with Gasteiger partial charge < -0.3 is 15.0 Å². The van der Waals surface area contributed by atoms with Gasteiger partial charge in [-0.25, -0.2) is 4.39 Å². The number of methoxy groups -OCH3 is 1. The highest BCUT2D eigenvalue weighted by atomic mass is 19.1. The van der Waals surface area contributed by atoms with E-state index in [4.69, 9.17) is 4.74 Å². The molecule has 0 aliphatic rings. The van der Waals surface area contributed by atoms with Crippen LogP contribution >= 0.6 is 0 Å². The number of benzene rings is 2. The molecule has 140 valence electrons. The van der Waals surface area contributed by atoms with Gasteiger partial charge in [-0.15, -0.1) is 0 Å². The Morgan fingerprint density at radius 1 is 1.15 bits per heavy atom. The Morgan fingerprint density at radius 2 is 1.88 bits per heavy atom. The van der Waals surface area contributed by atoms with Gasteiger partial charge >= 0.3 is 0 Å². The molecule has 0 heterocycles. The van der Waals surface area contributed by atoms with Crippen molar-refractivity contribution in [3.8, 4) is 5.75 Å². The van der Waals surface area contributed by atoms with Crippen LogP contribution in [0.25, 0.3) is 0 Å². The number of carbonyl (C=O) groups excluding carboxylic acids is 1. The van der Waals surface area contributed by atoms with Gasteiger partial charge in [-0.05, 0) is 55.7 Å². The van der Waals surface area contributed by atoms with Crippen LogP contribution in [0, 0.1) is 5.82 Å². The lowest BCUT2D eigenvalue weighted by Crippen LogP contribution is -2.28. The van der Waals surface area contributed by atoms with Crippen molar-refractivity contribution < 1.29 is 13.9 Å². The number of halogens is 1. The van der Waals surface area contributed by atoms with Gasteiger partial charge in [-0.2, -0.15) is 0 Å². The Morgan fingerprint density at radius 3 is 2.58 bits per heavy atom. The molecule has 0 unspecified atom stereocenters. The van der Waals surface area contributed by atoms with Crippen molar-refractivity contribution in [1.29, 1.82) is 0 Å². The maximum atomic E-state index is 13.0. The summed E-state index contributed by atoms with van der Waals surface area (Å²) >= 11 is 0. The fourth-order valence-corrected chi connectivity index (χ4v) is 2.89. The van der Waals surface area contributed by atoms with E-state index in [0.717, 1.165) is 42.9 Å². The quantitative estimate of drug-likeness (QED) is 0.702. The molecular weight excluding hydrogens is 331 g/mol. The van der Waals surface area contributed by atoms with E-state index in [1.54, 1.807) is 19.2 Å². The highest BCUT2D eigenvalue weighted by molar-refractivity contribution is 5.75. The summed E-state index contributed by atoms with van der Waals surface area (Å²) in [6.07, 6.45) is 1.97. The average molecular weight is 358 g/mol. The van der Waals surface area contributed by atoms with Crippen LogP contribution in [0.1, 0.15) is 25.3 Å². The van der Waals surface area contributed by atoms with Crippen molar-refractivity contribution in [2.24, 2.45) is 0 Å². The van der Waals surface area contributed by atoms with E-state index in [-0.39, 0.29) is 11.7 Å². The zero-order valence-electron chi connectivity index (χ0n) is 15.5. The zero-order chi connectivity index (χ0) is 18.8. The van der Waals surface area contributed by atoms with E-state index in [9.17, 15) is 9.18 Å². The maximum absolute atomic E-state index is 13.0. The first kappa shape index (κ1) is 19.8. The molecule has 0 fully saturated rings. The molecular formula is C21H27FN2O2. The highest BCUT2D eigenvalue weighted by Crippen LogP contribution is 2.17. The molecule has 0 bridgehead atoms. The van der Waals surface area contributed by atoms with E-state index in [0.29, 0.717) is 13.0 Å². The number of ether oxygens (including phenoxy) is 1. The molecule has 0 aliphatic heterocycles. The molecule has 0 aromatic heterocycles. The molecule has 4 nitrogen and oxygen atoms in total. The van der Waals surface area contributed by atoms with Gasteiger partial charge in [0.15, 0.2) is 0 Å². The third-order valence-electron chi connectivity index (χ3n) is 4.31. The van der Waals surface area contributed by atoms with Crippen molar-refractivity contribution >= 4 is 11.6 Å². The average Bonchev–Trinajstić information content (AvgIpc) is 2.66. The summed E-state index contributed by atoms with van der Waals surface area (Å²) in [6, 6.07) is 14.3. The fraction of sp³-hybridized carbons (Fsp3) is 0.381. The fourth-order valence-electron chi connectivity index (χ4n) is 2.89. The number of nitrogens with zero attached hydrogens (tertiary/aromatic N) is 1. The van der Waals surface area contributed by atoms with Crippen molar-refractivity contribution in [3.05, 3.63) is 59.9 Å². The van der Waals surface area contributed by atoms with Crippen LogP contribution in [0.15, 0.2) is 48.5 Å². The molecule has 1 amide bonds. The SMILES string of the molecule is CCN(CCCC(=O)NCCc1ccccc1OC)c1ccc(F)cc1. The summed E-state index contributed by atoms with van der Waals surface area (Å²) in [5, 5.41) is 2.96. The summed E-state index contributed by atoms with van der Waals surface area (Å²) < 4.78 is 18.3. The second-order valence-corrected chi connectivity index (χ2v) is 6.07. The second kappa shape index (κ2) is 10.4. The van der Waals surface area contributed by atoms with Crippen LogP contribution in [0.3, 0.4) is 0 Å². The number of rotatable bonds is 10. The molecule has 26 heavy (non-hydrogen) atoms. The van der Waals surface area contributed by atoms with Gasteiger partial charge in [-0.3, -0.25) is 4.79 Å². The van der Waals surface area contributed by atoms with Crippen molar-refractivity contribution in [2.75, 3.05) is 31.6 Å². The number of hydrogen-bond acceptors (Lipinski definition) is 3. The maximum Gasteiger partial charge on any atom is 0.220 e. The minimum Gasteiger partial charge on any atom is -0.496 e. The molecule has 2 aromatic carbocycles. The predicted octanol–water partition coefficient (Wildman–Crippen LogP) is 3.80. The Kier molecular flexibility index (Phi) is 7.93. The van der Waals surface area contributed by atoms with Crippen molar-refractivity contribution in [2.45, 2.75) is 26.2 Å². The van der Waals surface area contributed by atoms with E-state index in [2.05, 4.69) is 17.1 Å². The molecule has 0 radical (unpaired) electrons. The van der Waals surface area contributed by atoms with Crippen LogP contribution < -0.4 is 15.0 Å². The number of anilines is 1. The lowest BCUT2D eigenvalue weighted by molar-refractivity contribution is -0.121. The normalized spacial score (nSPS) is 10.4. The molecule has 2 aromatic rings. The van der Waals surface area contributed by atoms with Crippen LogP contribution in [0.5, 0.6) is 5.75 Å². The summed E-state index contributed by atoms with van der Waals surface area (Å²) in [6.45, 7) is 4.23. The Hall–Kier alpha value is -2.56. The number of amides is 1. The number of hydrogen-bond donors (Lipinski definition) is 1. The number of carbonyl (C=O) groups is 1. The van der Waals surface area contributed by atoms with Crippen LogP contribution in [-0.2, 0) is 11.2 Å². The van der Waals surface area contributed by atoms with Gasteiger partial charge in [0.2, 0.25) is 5.91 Å². The van der Waals surface area contributed by atoms with Gasteiger partial charge in [-0.1, -0.05) is 18.2 Å². The van der Waals surface area contributed by atoms with Crippen LogP contribution in [0.4, 0.5) is 10.1 Å². The first-order valence-electron chi connectivity index (χ1n) is 9.03. The zero-order valence-corrected chi connectivity index (χ0v) is 15.5. The van der Waals surface area contributed by atoms with E-state index in [1.807, 2.05) is 24.3 Å². The molecule has 2 rings (SSSR count). The first-order valence-corrected chi connectivity index (χ1v) is 9.03.